The number of carbonyl (C=O) groups excluding carboxylic acids is 1. The Morgan fingerprint density at radius 3 is 2.48 bits per heavy atom. The van der Waals surface area contributed by atoms with E-state index >= 15 is 0 Å². The second kappa shape index (κ2) is 8.91. The maximum Gasteiger partial charge on any atom is 0.295 e. The summed E-state index contributed by atoms with van der Waals surface area (Å²) in [5, 5.41) is 14.4. The first-order chi connectivity index (χ1) is 15.9. The van der Waals surface area contributed by atoms with Crippen LogP contribution in [0.1, 0.15) is 10.4 Å². The Morgan fingerprint density at radius 1 is 1.00 bits per heavy atom. The van der Waals surface area contributed by atoms with Crippen molar-refractivity contribution in [3.63, 3.8) is 0 Å². The molecule has 4 aromatic rings. The fourth-order valence-corrected chi connectivity index (χ4v) is 3.46. The highest BCUT2D eigenvalue weighted by Crippen LogP contribution is 2.33. The van der Waals surface area contributed by atoms with Crippen molar-refractivity contribution in [2.45, 2.75) is 0 Å². The Balaban J connectivity index is 1.82. The van der Waals surface area contributed by atoms with E-state index in [-0.39, 0.29) is 11.3 Å². The number of para-hydroxylation sites is 1. The van der Waals surface area contributed by atoms with Crippen molar-refractivity contribution in [2.75, 3.05) is 19.5 Å². The number of nitrogens with one attached hydrogen (secondary N) is 1. The van der Waals surface area contributed by atoms with Crippen LogP contribution < -0.4 is 14.8 Å². The van der Waals surface area contributed by atoms with Crippen LogP contribution in [-0.2, 0) is 0 Å². The van der Waals surface area contributed by atoms with Crippen LogP contribution in [-0.4, -0.2) is 30.0 Å². The van der Waals surface area contributed by atoms with Crippen LogP contribution >= 0.6 is 0 Å². The third kappa shape index (κ3) is 4.29. The number of aromatic nitrogens is 1. The zero-order valence-electron chi connectivity index (χ0n) is 17.7. The standard InChI is InChI=1S/C24H18FN3O5/c1-32-22-10-7-14(11-23(22)33-2)20-13-17(16-5-3-4-6-18(16)26-20)24(29)27-19-9-8-15(25)12-21(19)28(30)31/h3-13H,1-2H3,(H,27,29). The molecule has 0 spiro atoms. The lowest BCUT2D eigenvalue weighted by molar-refractivity contribution is -0.384. The molecule has 3 aromatic carbocycles. The van der Waals surface area contributed by atoms with E-state index in [0.717, 1.165) is 18.2 Å². The first-order valence-corrected chi connectivity index (χ1v) is 9.78. The number of nitro groups is 1. The minimum atomic E-state index is -0.773. The Hall–Kier alpha value is -4.53. The van der Waals surface area contributed by atoms with Crippen LogP contribution in [0.5, 0.6) is 11.5 Å². The molecule has 0 atom stereocenters. The third-order valence-electron chi connectivity index (χ3n) is 5.04. The van der Waals surface area contributed by atoms with Crippen LogP contribution in [0.2, 0.25) is 0 Å². The van der Waals surface area contributed by atoms with E-state index in [2.05, 4.69) is 10.3 Å². The molecule has 8 nitrogen and oxygen atoms in total. The van der Waals surface area contributed by atoms with Crippen molar-refractivity contribution in [3.05, 3.63) is 88.2 Å². The molecule has 1 heterocycles. The number of fused-ring (bicyclic) bond motifs is 1. The third-order valence-corrected chi connectivity index (χ3v) is 5.04. The number of hydrogen-bond donors (Lipinski definition) is 1. The molecular weight excluding hydrogens is 429 g/mol. The average Bonchev–Trinajstić information content (AvgIpc) is 2.83. The van der Waals surface area contributed by atoms with Gasteiger partial charge in [-0.2, -0.15) is 0 Å². The van der Waals surface area contributed by atoms with E-state index < -0.39 is 22.3 Å². The molecule has 0 fully saturated rings. The van der Waals surface area contributed by atoms with Crippen LogP contribution in [0.15, 0.2) is 66.7 Å². The van der Waals surface area contributed by atoms with Crippen molar-refractivity contribution in [3.8, 4) is 22.8 Å². The Labute approximate surface area is 187 Å². The number of nitro benzene ring substituents is 1. The normalized spacial score (nSPS) is 10.6. The molecule has 166 valence electrons. The van der Waals surface area contributed by atoms with Gasteiger partial charge in [0.05, 0.1) is 42.0 Å². The average molecular weight is 447 g/mol. The smallest absolute Gasteiger partial charge is 0.295 e. The number of ether oxygens (including phenoxy) is 2. The molecule has 0 aliphatic heterocycles. The second-order valence-corrected chi connectivity index (χ2v) is 7.01. The summed E-state index contributed by atoms with van der Waals surface area (Å²) in [7, 11) is 3.05. The van der Waals surface area contributed by atoms with Gasteiger partial charge in [0.15, 0.2) is 11.5 Å². The van der Waals surface area contributed by atoms with Gasteiger partial charge in [-0.05, 0) is 42.5 Å². The zero-order valence-corrected chi connectivity index (χ0v) is 17.7. The second-order valence-electron chi connectivity index (χ2n) is 7.01. The highest BCUT2D eigenvalue weighted by Gasteiger charge is 2.20. The van der Waals surface area contributed by atoms with Gasteiger partial charge in [-0.3, -0.25) is 14.9 Å². The fourth-order valence-electron chi connectivity index (χ4n) is 3.46. The number of rotatable bonds is 6. The SMILES string of the molecule is COc1ccc(-c2cc(C(=O)Nc3ccc(F)cc3[N+](=O)[O-])c3ccccc3n2)cc1OC. The van der Waals surface area contributed by atoms with E-state index in [1.165, 1.54) is 14.2 Å². The summed E-state index contributed by atoms with van der Waals surface area (Å²) in [6.07, 6.45) is 0. The first-order valence-electron chi connectivity index (χ1n) is 9.78. The maximum absolute atomic E-state index is 13.5. The van der Waals surface area contributed by atoms with Gasteiger partial charge in [-0.15, -0.1) is 0 Å². The summed E-state index contributed by atoms with van der Waals surface area (Å²) in [5.74, 6) is -0.323. The molecule has 0 saturated heterocycles. The zero-order chi connectivity index (χ0) is 23.5. The van der Waals surface area contributed by atoms with E-state index in [1.807, 2.05) is 0 Å². The summed E-state index contributed by atoms with van der Waals surface area (Å²) >= 11 is 0. The van der Waals surface area contributed by atoms with Gasteiger partial charge in [0.25, 0.3) is 11.6 Å². The van der Waals surface area contributed by atoms with E-state index in [1.54, 1.807) is 48.5 Å². The van der Waals surface area contributed by atoms with E-state index in [9.17, 15) is 19.3 Å². The predicted octanol–water partition coefficient (Wildman–Crippen LogP) is 5.22. The van der Waals surface area contributed by atoms with Gasteiger partial charge in [0.2, 0.25) is 0 Å². The summed E-state index contributed by atoms with van der Waals surface area (Å²) in [5.41, 5.74) is 1.34. The first kappa shape index (κ1) is 21.7. The van der Waals surface area contributed by atoms with Gasteiger partial charge < -0.3 is 14.8 Å². The molecule has 33 heavy (non-hydrogen) atoms. The number of halogens is 1. The number of hydrogen-bond acceptors (Lipinski definition) is 6. The summed E-state index contributed by atoms with van der Waals surface area (Å²) in [6.45, 7) is 0. The summed E-state index contributed by atoms with van der Waals surface area (Å²) in [4.78, 5) is 28.4. The lowest BCUT2D eigenvalue weighted by Crippen LogP contribution is -2.14. The number of methoxy groups -OCH3 is 2. The molecular formula is C24H18FN3O5. The maximum atomic E-state index is 13.5. The number of amides is 1. The molecule has 0 aliphatic rings. The number of nitrogens with zero attached hydrogens (tertiary/aromatic N) is 2. The molecule has 1 aromatic heterocycles. The number of pyridine rings is 1. The van der Waals surface area contributed by atoms with Gasteiger partial charge in [0, 0.05) is 10.9 Å². The van der Waals surface area contributed by atoms with Crippen molar-refractivity contribution in [1.82, 2.24) is 4.98 Å². The molecule has 0 bridgehead atoms. The molecule has 0 aliphatic carbocycles. The van der Waals surface area contributed by atoms with Crippen molar-refractivity contribution >= 4 is 28.2 Å². The Morgan fingerprint density at radius 2 is 1.76 bits per heavy atom. The lowest BCUT2D eigenvalue weighted by Gasteiger charge is -2.13. The van der Waals surface area contributed by atoms with Crippen molar-refractivity contribution in [2.24, 2.45) is 0 Å². The highest BCUT2D eigenvalue weighted by atomic mass is 19.1. The fraction of sp³-hybridized carbons (Fsp3) is 0.0833. The van der Waals surface area contributed by atoms with Gasteiger partial charge in [0.1, 0.15) is 11.5 Å². The monoisotopic (exact) mass is 447 g/mol. The minimum Gasteiger partial charge on any atom is -0.493 e. The molecule has 9 heteroatoms. The van der Waals surface area contributed by atoms with Gasteiger partial charge in [-0.1, -0.05) is 18.2 Å². The highest BCUT2D eigenvalue weighted by molar-refractivity contribution is 6.13. The van der Waals surface area contributed by atoms with Crippen LogP contribution in [0.4, 0.5) is 15.8 Å². The summed E-state index contributed by atoms with van der Waals surface area (Å²) in [6, 6.07) is 16.8. The number of benzene rings is 3. The Kier molecular flexibility index (Phi) is 5.86. The molecule has 1 amide bonds. The molecule has 0 unspecified atom stereocenters. The minimum absolute atomic E-state index is 0.111. The lowest BCUT2D eigenvalue weighted by atomic mass is 10.0. The van der Waals surface area contributed by atoms with E-state index in [0.29, 0.717) is 33.7 Å². The van der Waals surface area contributed by atoms with E-state index in [4.69, 9.17) is 9.47 Å². The number of anilines is 1. The molecule has 0 radical (unpaired) electrons. The van der Waals surface area contributed by atoms with Crippen LogP contribution in [0.25, 0.3) is 22.2 Å². The molecule has 4 rings (SSSR count). The van der Waals surface area contributed by atoms with Gasteiger partial charge in [-0.25, -0.2) is 9.37 Å². The Bertz CT molecular complexity index is 1390. The van der Waals surface area contributed by atoms with Gasteiger partial charge >= 0.3 is 0 Å². The summed E-state index contributed by atoms with van der Waals surface area (Å²) < 4.78 is 24.1. The van der Waals surface area contributed by atoms with Crippen LogP contribution in [0.3, 0.4) is 0 Å². The van der Waals surface area contributed by atoms with Crippen molar-refractivity contribution < 1.29 is 23.6 Å². The number of carbonyl (C=O) groups is 1. The predicted molar refractivity (Wildman–Crippen MR) is 121 cm³/mol. The molecule has 0 saturated carbocycles. The molecule has 1 N–H and O–H groups in total. The largest absolute Gasteiger partial charge is 0.493 e. The quantitative estimate of drug-likeness (QED) is 0.321. The van der Waals surface area contributed by atoms with Crippen molar-refractivity contribution in [1.29, 1.82) is 0 Å². The van der Waals surface area contributed by atoms with Crippen LogP contribution in [0, 0.1) is 15.9 Å². The topological polar surface area (TPSA) is 104 Å².